The van der Waals surface area contributed by atoms with E-state index in [0.717, 1.165) is 36.2 Å². The molecule has 0 spiro atoms. The van der Waals surface area contributed by atoms with Gasteiger partial charge in [-0.15, -0.1) is 0 Å². The number of rotatable bonds is 7. The number of quaternary nitrogens is 1. The van der Waals surface area contributed by atoms with Gasteiger partial charge in [0, 0.05) is 18.1 Å². The van der Waals surface area contributed by atoms with Crippen molar-refractivity contribution in [3.8, 4) is 11.3 Å². The fourth-order valence-corrected chi connectivity index (χ4v) is 3.16. The molecule has 0 aliphatic rings. The zero-order chi connectivity index (χ0) is 17.9. The lowest BCUT2D eigenvalue weighted by Crippen LogP contribution is -2.46. The van der Waals surface area contributed by atoms with Gasteiger partial charge in [-0.3, -0.25) is 0 Å². The Balaban J connectivity index is 2.34. The normalized spacial score (nSPS) is 11.7. The van der Waals surface area contributed by atoms with Gasteiger partial charge in [0.15, 0.2) is 11.5 Å². The van der Waals surface area contributed by atoms with E-state index in [2.05, 4.69) is 37.9 Å². The Hall–Kier alpha value is -2.21. The van der Waals surface area contributed by atoms with Crippen molar-refractivity contribution in [2.75, 3.05) is 19.6 Å². The van der Waals surface area contributed by atoms with E-state index in [1.54, 1.807) is 14.0 Å². The van der Waals surface area contributed by atoms with Crippen LogP contribution in [0.4, 0.5) is 5.82 Å². The topological polar surface area (TPSA) is 61.0 Å². The molecule has 0 radical (unpaired) electrons. The Morgan fingerprint density at radius 3 is 2.12 bits per heavy atom. The van der Waals surface area contributed by atoms with E-state index < -0.39 is 0 Å². The molecule has 0 unspecified atom stereocenters. The van der Waals surface area contributed by atoms with Gasteiger partial charge in [0.05, 0.1) is 26.7 Å². The zero-order valence-corrected chi connectivity index (χ0v) is 15.2. The maximum atomic E-state index is 11.3. The molecular weight excluding hydrogens is 304 g/mol. The van der Waals surface area contributed by atoms with Crippen LogP contribution in [0.15, 0.2) is 24.3 Å². The van der Waals surface area contributed by atoms with Gasteiger partial charge in [0.1, 0.15) is 6.54 Å². The molecule has 0 saturated carbocycles. The first-order valence-corrected chi connectivity index (χ1v) is 8.49. The van der Waals surface area contributed by atoms with Crippen LogP contribution >= 0.6 is 0 Å². The van der Waals surface area contributed by atoms with Crippen LogP contribution in [0.2, 0.25) is 0 Å². The summed E-state index contributed by atoms with van der Waals surface area (Å²) in [5.41, 5.74) is 2.48. The maximum Gasteiger partial charge on any atom is 0.350 e. The largest absolute Gasteiger partial charge is 0.358 e. The summed E-state index contributed by atoms with van der Waals surface area (Å²) in [7, 11) is 1.67. The molecule has 1 heterocycles. The van der Waals surface area contributed by atoms with Crippen LogP contribution in [0.3, 0.4) is 0 Å². The smallest absolute Gasteiger partial charge is 0.350 e. The summed E-state index contributed by atoms with van der Waals surface area (Å²) >= 11 is 0. The molecule has 0 bridgehead atoms. The van der Waals surface area contributed by atoms with Crippen molar-refractivity contribution in [1.29, 1.82) is 0 Å². The molecule has 0 saturated heterocycles. The highest BCUT2D eigenvalue weighted by molar-refractivity contribution is 5.68. The molecule has 2 rings (SSSR count). The van der Waals surface area contributed by atoms with Crippen LogP contribution in [0.5, 0.6) is 0 Å². The molecule has 0 aliphatic heterocycles. The quantitative estimate of drug-likeness (QED) is 0.442. The monoisotopic (exact) mass is 331 g/mol. The van der Waals surface area contributed by atoms with Gasteiger partial charge in [0.25, 0.3) is 0 Å². The number of nitro groups is 1. The van der Waals surface area contributed by atoms with Crippen LogP contribution in [-0.2, 0) is 13.6 Å². The molecule has 0 amide bonds. The molecule has 1 aromatic heterocycles. The van der Waals surface area contributed by atoms with Crippen molar-refractivity contribution >= 4 is 5.82 Å². The standard InChI is InChI=1S/C18H27N4O2/c1-6-22(7-2,8-3)13-15-9-11-16(12-10-15)17-18(21(23)24)20(5)14(4)19-17/h9-12H,6-8,13H2,1-5H3/q+1. The van der Waals surface area contributed by atoms with Gasteiger partial charge < -0.3 is 14.6 Å². The van der Waals surface area contributed by atoms with E-state index in [9.17, 15) is 10.1 Å². The molecule has 130 valence electrons. The molecule has 0 fully saturated rings. The Kier molecular flexibility index (Phi) is 5.39. The lowest BCUT2D eigenvalue weighted by Gasteiger charge is -2.35. The third-order valence-corrected chi connectivity index (χ3v) is 5.22. The minimum absolute atomic E-state index is 0.0426. The third kappa shape index (κ3) is 3.33. The Morgan fingerprint density at radius 2 is 1.67 bits per heavy atom. The maximum absolute atomic E-state index is 11.3. The van der Waals surface area contributed by atoms with Crippen molar-refractivity contribution in [3.63, 3.8) is 0 Å². The number of nitrogens with zero attached hydrogens (tertiary/aromatic N) is 4. The molecule has 6 heteroatoms. The summed E-state index contributed by atoms with van der Waals surface area (Å²) in [6, 6.07) is 8.02. The number of hydrogen-bond acceptors (Lipinski definition) is 3. The first kappa shape index (κ1) is 18.1. The Labute approximate surface area is 143 Å². The summed E-state index contributed by atoms with van der Waals surface area (Å²) in [4.78, 5) is 15.3. The second-order valence-electron chi connectivity index (χ2n) is 6.29. The number of imidazole rings is 1. The van der Waals surface area contributed by atoms with E-state index in [4.69, 9.17) is 0 Å². The minimum Gasteiger partial charge on any atom is -0.358 e. The molecule has 1 aromatic carbocycles. The molecule has 0 N–H and O–H groups in total. The zero-order valence-electron chi connectivity index (χ0n) is 15.2. The summed E-state index contributed by atoms with van der Waals surface area (Å²) in [5.74, 6) is 0.681. The van der Waals surface area contributed by atoms with Gasteiger partial charge in [-0.2, -0.15) is 0 Å². The van der Waals surface area contributed by atoms with Gasteiger partial charge in [-0.1, -0.05) is 24.3 Å². The van der Waals surface area contributed by atoms with Crippen LogP contribution in [0, 0.1) is 17.0 Å². The average molecular weight is 331 g/mol. The van der Waals surface area contributed by atoms with Gasteiger partial charge in [-0.05, 0) is 25.7 Å². The summed E-state index contributed by atoms with van der Waals surface area (Å²) in [5, 5.41) is 11.3. The molecule has 6 nitrogen and oxygen atoms in total. The van der Waals surface area contributed by atoms with Crippen molar-refractivity contribution in [3.05, 3.63) is 45.8 Å². The average Bonchev–Trinajstić information content (AvgIpc) is 2.89. The highest BCUT2D eigenvalue weighted by Crippen LogP contribution is 2.30. The van der Waals surface area contributed by atoms with Crippen LogP contribution in [0.25, 0.3) is 11.3 Å². The Morgan fingerprint density at radius 1 is 1.12 bits per heavy atom. The van der Waals surface area contributed by atoms with Crippen LogP contribution < -0.4 is 0 Å². The number of benzene rings is 1. The van der Waals surface area contributed by atoms with Crippen molar-refractivity contribution < 1.29 is 9.41 Å². The van der Waals surface area contributed by atoms with Gasteiger partial charge in [-0.25, -0.2) is 9.55 Å². The van der Waals surface area contributed by atoms with Crippen molar-refractivity contribution in [1.82, 2.24) is 9.55 Å². The van der Waals surface area contributed by atoms with E-state index in [1.807, 2.05) is 12.1 Å². The van der Waals surface area contributed by atoms with Crippen molar-refractivity contribution in [2.45, 2.75) is 34.2 Å². The SMILES string of the molecule is CC[N+](CC)(CC)Cc1ccc(-c2nc(C)n(C)c2[N+](=O)[O-])cc1. The second-order valence-corrected chi connectivity index (χ2v) is 6.29. The van der Waals surface area contributed by atoms with E-state index >= 15 is 0 Å². The summed E-state index contributed by atoms with van der Waals surface area (Å²) in [6.07, 6.45) is 0. The molecular formula is C18H27N4O2+. The minimum atomic E-state index is -0.365. The first-order valence-electron chi connectivity index (χ1n) is 8.49. The Bertz CT molecular complexity index is 707. The first-order chi connectivity index (χ1) is 11.4. The van der Waals surface area contributed by atoms with Crippen LogP contribution in [-0.4, -0.2) is 38.6 Å². The number of hydrogen-bond donors (Lipinski definition) is 0. The lowest BCUT2D eigenvalue weighted by molar-refractivity contribution is -0.936. The number of aryl methyl sites for hydroxylation is 1. The highest BCUT2D eigenvalue weighted by atomic mass is 16.6. The van der Waals surface area contributed by atoms with E-state index in [1.165, 1.54) is 10.1 Å². The summed E-state index contributed by atoms with van der Waals surface area (Å²) in [6.45, 7) is 12.7. The fourth-order valence-electron chi connectivity index (χ4n) is 3.16. The van der Waals surface area contributed by atoms with Crippen LogP contribution in [0.1, 0.15) is 32.2 Å². The van der Waals surface area contributed by atoms with Gasteiger partial charge in [0.2, 0.25) is 0 Å². The lowest BCUT2D eigenvalue weighted by atomic mass is 10.1. The summed E-state index contributed by atoms with van der Waals surface area (Å²) < 4.78 is 2.57. The predicted octanol–water partition coefficient (Wildman–Crippen LogP) is 3.68. The van der Waals surface area contributed by atoms with E-state index in [0.29, 0.717) is 11.5 Å². The van der Waals surface area contributed by atoms with Crippen molar-refractivity contribution in [2.24, 2.45) is 7.05 Å². The fraction of sp³-hybridized carbons (Fsp3) is 0.500. The predicted molar refractivity (Wildman–Crippen MR) is 95.6 cm³/mol. The molecule has 0 aliphatic carbocycles. The molecule has 0 atom stereocenters. The highest BCUT2D eigenvalue weighted by Gasteiger charge is 2.25. The molecule has 24 heavy (non-hydrogen) atoms. The van der Waals surface area contributed by atoms with Gasteiger partial charge >= 0.3 is 5.82 Å². The second kappa shape index (κ2) is 7.13. The number of aromatic nitrogens is 2. The van der Waals surface area contributed by atoms with E-state index in [-0.39, 0.29) is 10.7 Å². The molecule has 2 aromatic rings. The third-order valence-electron chi connectivity index (χ3n) is 5.22.